The van der Waals surface area contributed by atoms with Crippen LogP contribution in [0, 0.1) is 5.92 Å². The van der Waals surface area contributed by atoms with Crippen LogP contribution in [0.2, 0.25) is 0 Å². The average Bonchev–Trinajstić information content (AvgIpc) is 3.17. The molecule has 5 rings (SSSR count). The first-order chi connectivity index (χ1) is 14.4. The van der Waals surface area contributed by atoms with Gasteiger partial charge in [0.1, 0.15) is 5.82 Å². The molecule has 2 atom stereocenters. The Balaban J connectivity index is 1.47. The number of aromatic nitrogens is 3. The number of hydrogen-bond acceptors (Lipinski definition) is 3. The molecule has 30 heavy (non-hydrogen) atoms. The van der Waals surface area contributed by atoms with E-state index in [1.807, 2.05) is 16.7 Å². The van der Waals surface area contributed by atoms with E-state index in [0.29, 0.717) is 41.9 Å². The molecule has 0 aliphatic carbocycles. The van der Waals surface area contributed by atoms with Crippen LogP contribution in [0.15, 0.2) is 53.6 Å². The van der Waals surface area contributed by atoms with E-state index >= 15 is 0 Å². The average molecular weight is 414 g/mol. The Kier molecular flexibility index (Phi) is 4.54. The summed E-state index contributed by atoms with van der Waals surface area (Å²) in [6.07, 6.45) is 0.107. The number of alkyl halides is 3. The van der Waals surface area contributed by atoms with E-state index in [4.69, 9.17) is 0 Å². The lowest BCUT2D eigenvalue weighted by Crippen LogP contribution is -2.45. The Morgan fingerprint density at radius 3 is 2.67 bits per heavy atom. The molecule has 0 saturated carbocycles. The molecule has 1 fully saturated rings. The van der Waals surface area contributed by atoms with Crippen LogP contribution < -0.4 is 10.9 Å². The van der Waals surface area contributed by atoms with E-state index in [9.17, 15) is 18.0 Å². The van der Waals surface area contributed by atoms with Crippen LogP contribution in [-0.2, 0) is 19.3 Å². The third-order valence-electron chi connectivity index (χ3n) is 6.10. The van der Waals surface area contributed by atoms with Crippen molar-refractivity contribution in [3.05, 3.63) is 76.0 Å². The van der Waals surface area contributed by atoms with Crippen LogP contribution in [0.3, 0.4) is 0 Å². The lowest BCUT2D eigenvalue weighted by Gasteiger charge is -2.37. The highest BCUT2D eigenvalue weighted by molar-refractivity contribution is 5.55. The van der Waals surface area contributed by atoms with Crippen LogP contribution in [0.1, 0.15) is 29.2 Å². The molecule has 5 nitrogen and oxygen atoms in total. The van der Waals surface area contributed by atoms with Crippen molar-refractivity contribution in [2.45, 2.75) is 31.6 Å². The number of hydrogen-bond donors (Lipinski definition) is 1. The molecule has 2 aliphatic rings. The molecule has 2 bridgehead atoms. The third-order valence-corrected chi connectivity index (χ3v) is 6.10. The van der Waals surface area contributed by atoms with E-state index < -0.39 is 11.7 Å². The highest BCUT2D eigenvalue weighted by atomic mass is 19.4. The smallest absolute Gasteiger partial charge is 0.326 e. The third kappa shape index (κ3) is 3.35. The zero-order chi connectivity index (χ0) is 20.9. The van der Waals surface area contributed by atoms with Crippen molar-refractivity contribution in [3.8, 4) is 11.4 Å². The van der Waals surface area contributed by atoms with Gasteiger partial charge in [-0.1, -0.05) is 12.1 Å². The van der Waals surface area contributed by atoms with Gasteiger partial charge >= 0.3 is 6.18 Å². The molecular formula is C22H21F3N4O. The van der Waals surface area contributed by atoms with E-state index in [1.54, 1.807) is 17.0 Å². The van der Waals surface area contributed by atoms with Crippen LogP contribution in [0.4, 0.5) is 13.2 Å². The standard InChI is InChI=1S/C22H21F3N4O/c23-22(24,25)17-3-1-14(2-4-17)12-28-8-7-27-20(28)18-5-6-19-16-9-15(10-26-11-16)13-29(19)21(18)30/h1-8,15-16,26H,9-13H2/t15-,16+/m0/s1. The zero-order valence-electron chi connectivity index (χ0n) is 16.2. The Hall–Kier alpha value is -2.87. The minimum atomic E-state index is -4.36. The normalized spacial score (nSPS) is 20.8. The minimum Gasteiger partial charge on any atom is -0.326 e. The minimum absolute atomic E-state index is 0.0519. The predicted octanol–water partition coefficient (Wildman–Crippen LogP) is 3.49. The van der Waals surface area contributed by atoms with E-state index in [1.165, 1.54) is 12.1 Å². The number of fused-ring (bicyclic) bond motifs is 4. The molecule has 8 heteroatoms. The Bertz CT molecular complexity index is 1130. The molecule has 156 valence electrons. The number of pyridine rings is 1. The summed E-state index contributed by atoms with van der Waals surface area (Å²) in [6, 6.07) is 8.91. The van der Waals surface area contributed by atoms with Crippen LogP contribution >= 0.6 is 0 Å². The number of nitrogens with zero attached hydrogens (tertiary/aromatic N) is 3. The zero-order valence-corrected chi connectivity index (χ0v) is 16.2. The lowest BCUT2D eigenvalue weighted by molar-refractivity contribution is -0.137. The van der Waals surface area contributed by atoms with Gasteiger partial charge in [0.25, 0.3) is 5.56 Å². The van der Waals surface area contributed by atoms with Gasteiger partial charge in [-0.15, -0.1) is 0 Å². The summed E-state index contributed by atoms with van der Waals surface area (Å²) in [5.41, 5.74) is 1.56. The van der Waals surface area contributed by atoms with Gasteiger partial charge in [-0.3, -0.25) is 4.79 Å². The fourth-order valence-corrected chi connectivity index (χ4v) is 4.64. The van der Waals surface area contributed by atoms with Gasteiger partial charge in [-0.05, 0) is 48.7 Å². The van der Waals surface area contributed by atoms with Crippen molar-refractivity contribution < 1.29 is 13.2 Å². The molecule has 0 radical (unpaired) electrons. The molecule has 1 aromatic carbocycles. The molecule has 2 aliphatic heterocycles. The number of halogens is 3. The van der Waals surface area contributed by atoms with Crippen molar-refractivity contribution in [2.24, 2.45) is 5.92 Å². The number of rotatable bonds is 3. The summed E-state index contributed by atoms with van der Waals surface area (Å²) in [5.74, 6) is 1.34. The van der Waals surface area contributed by atoms with E-state index in [2.05, 4.69) is 10.3 Å². The van der Waals surface area contributed by atoms with Gasteiger partial charge in [-0.2, -0.15) is 13.2 Å². The fraction of sp³-hybridized carbons (Fsp3) is 0.364. The number of nitrogens with one attached hydrogen (secondary N) is 1. The molecule has 0 unspecified atom stereocenters. The van der Waals surface area contributed by atoms with Gasteiger partial charge in [-0.25, -0.2) is 4.98 Å². The second-order valence-corrected chi connectivity index (χ2v) is 8.12. The molecule has 0 spiro atoms. The maximum atomic E-state index is 13.3. The summed E-state index contributed by atoms with van der Waals surface area (Å²) in [5, 5.41) is 3.44. The first kappa shape index (κ1) is 19.1. The molecule has 3 aromatic rings. The number of piperidine rings is 1. The first-order valence-corrected chi connectivity index (χ1v) is 10.0. The van der Waals surface area contributed by atoms with Crippen molar-refractivity contribution in [3.63, 3.8) is 0 Å². The Morgan fingerprint density at radius 1 is 1.10 bits per heavy atom. The van der Waals surface area contributed by atoms with E-state index in [-0.39, 0.29) is 5.56 Å². The molecule has 4 heterocycles. The van der Waals surface area contributed by atoms with Gasteiger partial charge in [0.05, 0.1) is 11.1 Å². The second kappa shape index (κ2) is 7.12. The summed E-state index contributed by atoms with van der Waals surface area (Å²) < 4.78 is 42.1. The summed E-state index contributed by atoms with van der Waals surface area (Å²) in [7, 11) is 0. The molecule has 2 aromatic heterocycles. The highest BCUT2D eigenvalue weighted by Crippen LogP contribution is 2.33. The number of benzene rings is 1. The maximum Gasteiger partial charge on any atom is 0.416 e. The highest BCUT2D eigenvalue weighted by Gasteiger charge is 2.32. The molecule has 1 saturated heterocycles. The lowest BCUT2D eigenvalue weighted by atomic mass is 9.84. The molecular weight excluding hydrogens is 393 g/mol. The Labute approximate surface area is 171 Å². The summed E-state index contributed by atoms with van der Waals surface area (Å²) >= 11 is 0. The van der Waals surface area contributed by atoms with Crippen molar-refractivity contribution in [1.82, 2.24) is 19.4 Å². The Morgan fingerprint density at radius 2 is 1.90 bits per heavy atom. The van der Waals surface area contributed by atoms with Gasteiger partial charge < -0.3 is 14.5 Å². The predicted molar refractivity (Wildman–Crippen MR) is 106 cm³/mol. The fourth-order valence-electron chi connectivity index (χ4n) is 4.64. The molecule has 0 amide bonds. The first-order valence-electron chi connectivity index (χ1n) is 10.0. The van der Waals surface area contributed by atoms with Crippen LogP contribution in [0.25, 0.3) is 11.4 Å². The van der Waals surface area contributed by atoms with Gasteiger partial charge in [0.15, 0.2) is 0 Å². The van der Waals surface area contributed by atoms with Gasteiger partial charge in [0, 0.05) is 43.6 Å². The second-order valence-electron chi connectivity index (χ2n) is 8.12. The van der Waals surface area contributed by atoms with Crippen LogP contribution in [0.5, 0.6) is 0 Å². The summed E-state index contributed by atoms with van der Waals surface area (Å²) in [4.78, 5) is 17.6. The van der Waals surface area contributed by atoms with Crippen molar-refractivity contribution in [1.29, 1.82) is 0 Å². The monoisotopic (exact) mass is 414 g/mol. The van der Waals surface area contributed by atoms with Crippen molar-refractivity contribution in [2.75, 3.05) is 13.1 Å². The van der Waals surface area contributed by atoms with Gasteiger partial charge in [0.2, 0.25) is 0 Å². The SMILES string of the molecule is O=c1c(-c2nccn2Cc2ccc(C(F)(F)F)cc2)ccc2n1C[C@@H]1CNC[C@H]2C1. The number of imidazole rings is 1. The summed E-state index contributed by atoms with van der Waals surface area (Å²) in [6.45, 7) is 2.85. The maximum absolute atomic E-state index is 13.3. The molecule has 1 N–H and O–H groups in total. The largest absolute Gasteiger partial charge is 0.416 e. The van der Waals surface area contributed by atoms with Crippen molar-refractivity contribution >= 4 is 0 Å². The van der Waals surface area contributed by atoms with Crippen LogP contribution in [-0.4, -0.2) is 27.2 Å². The topological polar surface area (TPSA) is 51.9 Å². The quantitative estimate of drug-likeness (QED) is 0.714. The van der Waals surface area contributed by atoms with E-state index in [0.717, 1.165) is 37.3 Å².